The van der Waals surface area contributed by atoms with E-state index in [9.17, 15) is 12.8 Å². The second-order valence-corrected chi connectivity index (χ2v) is 12.5. The average molecular weight is 774 g/mol. The van der Waals surface area contributed by atoms with Gasteiger partial charge >= 0.3 is 0 Å². The standard InChI is InChI=1S/C32H25F2N5O4S2.HI/c1-44-32(35)25-16-22(12-13-27(25)33)43-31-26(18-38-19-30(36-37-38)42-20-21-8-4-2-5-9-21)24-14-15-39(29(24)17-28(31)34)45(40,41)23-10-6-3-7-11-23;/h2-17,19,35H,18,20H2,1H3;1H. The van der Waals surface area contributed by atoms with Crippen molar-refractivity contribution < 1.29 is 26.7 Å². The molecule has 9 nitrogen and oxygen atoms in total. The minimum Gasteiger partial charge on any atom is -0.471 e. The van der Waals surface area contributed by atoms with Crippen LogP contribution in [0.4, 0.5) is 8.78 Å². The summed E-state index contributed by atoms with van der Waals surface area (Å²) in [5.74, 6) is -1.37. The largest absolute Gasteiger partial charge is 0.471 e. The first-order valence-electron chi connectivity index (χ1n) is 13.5. The summed E-state index contributed by atoms with van der Waals surface area (Å²) in [6.45, 7) is 0.186. The Hall–Kier alpha value is -4.28. The van der Waals surface area contributed by atoms with Gasteiger partial charge in [0.1, 0.15) is 18.2 Å². The van der Waals surface area contributed by atoms with Crippen LogP contribution in [0.2, 0.25) is 0 Å². The van der Waals surface area contributed by atoms with Crippen LogP contribution in [0, 0.1) is 17.0 Å². The number of benzene rings is 4. The molecule has 1 N–H and O–H groups in total. The molecule has 0 aliphatic rings. The van der Waals surface area contributed by atoms with Gasteiger partial charge in [-0.15, -0.1) is 35.7 Å². The van der Waals surface area contributed by atoms with E-state index in [1.165, 1.54) is 41.3 Å². The second-order valence-electron chi connectivity index (χ2n) is 9.83. The van der Waals surface area contributed by atoms with Gasteiger partial charge < -0.3 is 9.47 Å². The SMILES string of the molecule is CSC(=N)c1cc(Oc2c(F)cc3c(ccn3S(=O)(=O)c3ccccc3)c2Cn2cc(OCc3ccccc3)nn2)ccc1F.I. The fourth-order valence-corrected chi connectivity index (χ4v) is 6.48. The first-order chi connectivity index (χ1) is 21.7. The van der Waals surface area contributed by atoms with Gasteiger partial charge in [0.2, 0.25) is 0 Å². The number of nitrogens with zero attached hydrogens (tertiary/aromatic N) is 4. The third-order valence-corrected chi connectivity index (χ3v) is 9.28. The lowest BCUT2D eigenvalue weighted by Crippen LogP contribution is -2.12. The van der Waals surface area contributed by atoms with Crippen LogP contribution in [0.1, 0.15) is 16.7 Å². The van der Waals surface area contributed by atoms with Crippen LogP contribution in [0.3, 0.4) is 0 Å². The molecule has 6 aromatic rings. The molecule has 4 aromatic carbocycles. The quantitative estimate of drug-likeness (QED) is 0.0874. The Bertz CT molecular complexity index is 2130. The highest BCUT2D eigenvalue weighted by Crippen LogP contribution is 2.37. The molecule has 0 saturated heterocycles. The van der Waals surface area contributed by atoms with Gasteiger partial charge in [0, 0.05) is 28.8 Å². The molecule has 6 rings (SSSR count). The minimum absolute atomic E-state index is 0. The number of hydrogen-bond acceptors (Lipinski definition) is 8. The maximum atomic E-state index is 16.0. The maximum absolute atomic E-state index is 16.0. The van der Waals surface area contributed by atoms with Crippen LogP contribution in [0.5, 0.6) is 17.4 Å². The molecule has 0 radical (unpaired) electrons. The van der Waals surface area contributed by atoms with E-state index in [-0.39, 0.29) is 81.1 Å². The van der Waals surface area contributed by atoms with Crippen molar-refractivity contribution in [2.75, 3.05) is 6.26 Å². The van der Waals surface area contributed by atoms with E-state index in [2.05, 4.69) is 10.3 Å². The molecule has 0 fully saturated rings. The molecule has 236 valence electrons. The van der Waals surface area contributed by atoms with E-state index in [0.29, 0.717) is 5.39 Å². The number of halogens is 3. The topological polar surface area (TPSA) is 112 Å². The number of hydrogen-bond donors (Lipinski definition) is 1. The molecular formula is C32H26F2IN5O4S2. The molecule has 0 bridgehead atoms. The fraction of sp³-hybridized carbons (Fsp3) is 0.0938. The Kier molecular flexibility index (Phi) is 10.1. The van der Waals surface area contributed by atoms with Crippen molar-refractivity contribution in [3.8, 4) is 17.4 Å². The second kappa shape index (κ2) is 14.0. The summed E-state index contributed by atoms with van der Waals surface area (Å²) < 4.78 is 71.7. The van der Waals surface area contributed by atoms with E-state index in [1.54, 1.807) is 30.5 Å². The number of aromatic nitrogens is 4. The lowest BCUT2D eigenvalue weighted by molar-refractivity contribution is 0.293. The Labute approximate surface area is 284 Å². The first kappa shape index (κ1) is 33.1. The monoisotopic (exact) mass is 773 g/mol. The van der Waals surface area contributed by atoms with Gasteiger partial charge in [-0.1, -0.05) is 58.8 Å². The van der Waals surface area contributed by atoms with Crippen molar-refractivity contribution in [3.63, 3.8) is 0 Å². The van der Waals surface area contributed by atoms with Crippen LogP contribution >= 0.6 is 35.7 Å². The highest BCUT2D eigenvalue weighted by Gasteiger charge is 2.25. The van der Waals surface area contributed by atoms with E-state index < -0.39 is 21.7 Å². The average Bonchev–Trinajstić information content (AvgIpc) is 3.70. The Morgan fingerprint density at radius 3 is 2.39 bits per heavy atom. The van der Waals surface area contributed by atoms with E-state index in [4.69, 9.17) is 14.9 Å². The summed E-state index contributed by atoms with van der Waals surface area (Å²) in [5, 5.41) is 16.6. The summed E-state index contributed by atoms with van der Waals surface area (Å²) in [6.07, 6.45) is 4.54. The van der Waals surface area contributed by atoms with Gasteiger partial charge in [0.25, 0.3) is 15.9 Å². The predicted molar refractivity (Wildman–Crippen MR) is 183 cm³/mol. The number of nitrogens with one attached hydrogen (secondary N) is 1. The molecular weight excluding hydrogens is 747 g/mol. The summed E-state index contributed by atoms with van der Waals surface area (Å²) in [6, 6.07) is 23.8. The van der Waals surface area contributed by atoms with Crippen molar-refractivity contribution in [3.05, 3.63) is 132 Å². The summed E-state index contributed by atoms with van der Waals surface area (Å²) >= 11 is 1.05. The Morgan fingerprint density at radius 2 is 1.67 bits per heavy atom. The van der Waals surface area contributed by atoms with E-state index in [1.807, 2.05) is 30.3 Å². The van der Waals surface area contributed by atoms with Crippen LogP contribution in [-0.4, -0.2) is 38.7 Å². The normalized spacial score (nSPS) is 11.3. The van der Waals surface area contributed by atoms with E-state index in [0.717, 1.165) is 33.4 Å². The minimum atomic E-state index is -4.07. The molecule has 0 unspecified atom stereocenters. The van der Waals surface area contributed by atoms with Crippen LogP contribution in [-0.2, 0) is 23.2 Å². The highest BCUT2D eigenvalue weighted by molar-refractivity contribution is 14.0. The number of fused-ring (bicyclic) bond motifs is 1. The van der Waals surface area contributed by atoms with Gasteiger partial charge in [-0.3, -0.25) is 5.41 Å². The van der Waals surface area contributed by atoms with Crippen molar-refractivity contribution in [1.82, 2.24) is 19.0 Å². The van der Waals surface area contributed by atoms with Crippen LogP contribution < -0.4 is 9.47 Å². The van der Waals surface area contributed by atoms with Gasteiger partial charge in [-0.25, -0.2) is 25.9 Å². The predicted octanol–water partition coefficient (Wildman–Crippen LogP) is 7.47. The van der Waals surface area contributed by atoms with Gasteiger partial charge in [0.15, 0.2) is 11.6 Å². The summed E-state index contributed by atoms with van der Waals surface area (Å²) in [4.78, 5) is 0.0383. The fourth-order valence-electron chi connectivity index (χ4n) is 4.75. The highest BCUT2D eigenvalue weighted by atomic mass is 127. The summed E-state index contributed by atoms with van der Waals surface area (Å²) in [5.41, 5.74) is 1.28. The lowest BCUT2D eigenvalue weighted by Gasteiger charge is -2.16. The van der Waals surface area contributed by atoms with Crippen LogP contribution in [0.15, 0.2) is 108 Å². The molecule has 2 aromatic heterocycles. The van der Waals surface area contributed by atoms with Gasteiger partial charge in [-0.05, 0) is 48.2 Å². The lowest BCUT2D eigenvalue weighted by atomic mass is 10.1. The molecule has 0 spiro atoms. The third-order valence-electron chi connectivity index (χ3n) is 6.94. The zero-order valence-corrected chi connectivity index (χ0v) is 28.1. The molecule has 0 aliphatic carbocycles. The third kappa shape index (κ3) is 6.78. The van der Waals surface area contributed by atoms with E-state index >= 15 is 4.39 Å². The Balaban J connectivity index is 0.00000417. The molecule has 0 atom stereocenters. The molecule has 14 heteroatoms. The number of ether oxygens (including phenoxy) is 2. The maximum Gasteiger partial charge on any atom is 0.268 e. The van der Waals surface area contributed by atoms with Crippen molar-refractivity contribution in [1.29, 1.82) is 5.41 Å². The van der Waals surface area contributed by atoms with Crippen LogP contribution in [0.25, 0.3) is 10.9 Å². The molecule has 2 heterocycles. The molecule has 0 aliphatic heterocycles. The van der Waals surface area contributed by atoms with Crippen molar-refractivity contribution in [2.24, 2.45) is 0 Å². The zero-order chi connectivity index (χ0) is 31.6. The van der Waals surface area contributed by atoms with Gasteiger partial charge in [0.05, 0.1) is 28.2 Å². The van der Waals surface area contributed by atoms with Crippen molar-refractivity contribution in [2.45, 2.75) is 18.0 Å². The molecule has 0 amide bonds. The number of thioether (sulfide) groups is 1. The smallest absolute Gasteiger partial charge is 0.268 e. The van der Waals surface area contributed by atoms with Crippen molar-refractivity contribution >= 4 is 61.7 Å². The zero-order valence-electron chi connectivity index (χ0n) is 24.1. The first-order valence-corrected chi connectivity index (χ1v) is 16.2. The summed E-state index contributed by atoms with van der Waals surface area (Å²) in [7, 11) is -4.07. The number of rotatable bonds is 10. The Morgan fingerprint density at radius 1 is 0.957 bits per heavy atom. The molecule has 46 heavy (non-hydrogen) atoms. The van der Waals surface area contributed by atoms with Gasteiger partial charge in [-0.2, -0.15) is 0 Å². The molecule has 0 saturated carbocycles.